The fraction of sp³-hybridized carbons (Fsp3) is 0.556. The lowest BCUT2D eigenvalue weighted by Crippen LogP contribution is -2.24. The van der Waals surface area contributed by atoms with E-state index in [-0.39, 0.29) is 16.3 Å². The number of aromatic hydroxyl groups is 1. The summed E-state index contributed by atoms with van der Waals surface area (Å²) in [6.07, 6.45) is 7.92. The van der Waals surface area contributed by atoms with Gasteiger partial charge in [-0.25, -0.2) is 0 Å². The van der Waals surface area contributed by atoms with Crippen molar-refractivity contribution in [1.29, 1.82) is 0 Å². The SMILES string of the molecule is CC(C)(C)c1cc(C2CCCCC2)cc(/C=N\NC(N)=S)c1O. The van der Waals surface area contributed by atoms with Gasteiger partial charge >= 0.3 is 0 Å². The molecule has 1 aromatic rings. The number of nitrogens with zero attached hydrogens (tertiary/aromatic N) is 1. The molecular weight excluding hydrogens is 306 g/mol. The molecule has 4 nitrogen and oxygen atoms in total. The number of phenolic OH excluding ortho intramolecular Hbond substituents is 1. The normalized spacial score (nSPS) is 16.7. The molecule has 0 unspecified atom stereocenters. The number of rotatable bonds is 3. The highest BCUT2D eigenvalue weighted by atomic mass is 32.1. The van der Waals surface area contributed by atoms with Gasteiger partial charge in [0.1, 0.15) is 5.75 Å². The topological polar surface area (TPSA) is 70.6 Å². The van der Waals surface area contributed by atoms with Gasteiger partial charge in [0.25, 0.3) is 0 Å². The summed E-state index contributed by atoms with van der Waals surface area (Å²) >= 11 is 4.75. The monoisotopic (exact) mass is 333 g/mol. The molecule has 0 aliphatic heterocycles. The van der Waals surface area contributed by atoms with Gasteiger partial charge in [0, 0.05) is 11.1 Å². The summed E-state index contributed by atoms with van der Waals surface area (Å²) in [5.74, 6) is 0.853. The minimum absolute atomic E-state index is 0.111. The summed E-state index contributed by atoms with van der Waals surface area (Å²) < 4.78 is 0. The number of thiocarbonyl (C=S) groups is 1. The Kier molecular flexibility index (Phi) is 5.63. The second kappa shape index (κ2) is 7.30. The van der Waals surface area contributed by atoms with Crippen molar-refractivity contribution in [3.8, 4) is 5.75 Å². The van der Waals surface area contributed by atoms with Crippen molar-refractivity contribution in [2.24, 2.45) is 10.8 Å². The zero-order valence-electron chi connectivity index (χ0n) is 14.2. The van der Waals surface area contributed by atoms with Crippen LogP contribution in [0, 0.1) is 0 Å². The van der Waals surface area contributed by atoms with E-state index in [1.54, 1.807) is 6.21 Å². The van der Waals surface area contributed by atoms with E-state index in [0.717, 1.165) is 5.56 Å². The highest BCUT2D eigenvalue weighted by molar-refractivity contribution is 7.80. The number of hydrogen-bond acceptors (Lipinski definition) is 3. The molecule has 1 aromatic carbocycles. The summed E-state index contributed by atoms with van der Waals surface area (Å²) in [6.45, 7) is 6.34. The second-order valence-corrected chi connectivity index (χ2v) is 7.77. The molecule has 1 saturated carbocycles. The number of hydrogen-bond donors (Lipinski definition) is 3. The van der Waals surface area contributed by atoms with Crippen LogP contribution in [0.2, 0.25) is 0 Å². The summed E-state index contributed by atoms with van der Waals surface area (Å²) in [7, 11) is 0. The van der Waals surface area contributed by atoms with Gasteiger partial charge in [-0.1, -0.05) is 46.1 Å². The number of nitrogens with two attached hydrogens (primary N) is 1. The maximum Gasteiger partial charge on any atom is 0.184 e. The van der Waals surface area contributed by atoms with Gasteiger partial charge in [0.2, 0.25) is 0 Å². The molecule has 4 N–H and O–H groups in total. The maximum atomic E-state index is 10.6. The van der Waals surface area contributed by atoms with Gasteiger partial charge in [-0.15, -0.1) is 0 Å². The van der Waals surface area contributed by atoms with E-state index in [9.17, 15) is 5.11 Å². The highest BCUT2D eigenvalue weighted by Gasteiger charge is 2.24. The first-order valence-corrected chi connectivity index (χ1v) is 8.66. The average molecular weight is 334 g/mol. The Balaban J connectivity index is 2.42. The van der Waals surface area contributed by atoms with Crippen LogP contribution in [0.5, 0.6) is 5.75 Å². The van der Waals surface area contributed by atoms with Crippen LogP contribution in [0.1, 0.15) is 75.5 Å². The molecule has 2 rings (SSSR count). The molecule has 23 heavy (non-hydrogen) atoms. The lowest BCUT2D eigenvalue weighted by atomic mass is 9.79. The van der Waals surface area contributed by atoms with Gasteiger partial charge in [-0.3, -0.25) is 5.43 Å². The second-order valence-electron chi connectivity index (χ2n) is 7.33. The molecule has 0 saturated heterocycles. The Morgan fingerprint density at radius 3 is 2.52 bits per heavy atom. The number of phenols is 1. The third-order valence-electron chi connectivity index (χ3n) is 4.42. The summed E-state index contributed by atoms with van der Waals surface area (Å²) in [6, 6.07) is 4.22. The minimum Gasteiger partial charge on any atom is -0.507 e. The third-order valence-corrected chi connectivity index (χ3v) is 4.52. The van der Waals surface area contributed by atoms with Crippen LogP contribution in [-0.2, 0) is 5.41 Å². The van der Waals surface area contributed by atoms with Crippen LogP contribution in [0.3, 0.4) is 0 Å². The summed E-state index contributed by atoms with van der Waals surface area (Å²) in [4.78, 5) is 0. The van der Waals surface area contributed by atoms with Crippen LogP contribution in [0.25, 0.3) is 0 Å². The highest BCUT2D eigenvalue weighted by Crippen LogP contribution is 2.39. The predicted octanol–water partition coefficient (Wildman–Crippen LogP) is 3.90. The van der Waals surface area contributed by atoms with E-state index in [4.69, 9.17) is 18.0 Å². The van der Waals surface area contributed by atoms with Crippen LogP contribution >= 0.6 is 12.2 Å². The molecule has 1 aliphatic carbocycles. The largest absolute Gasteiger partial charge is 0.507 e. The predicted molar refractivity (Wildman–Crippen MR) is 100 cm³/mol. The lowest BCUT2D eigenvalue weighted by molar-refractivity contribution is 0.432. The zero-order valence-corrected chi connectivity index (χ0v) is 15.0. The Morgan fingerprint density at radius 1 is 1.30 bits per heavy atom. The number of benzene rings is 1. The van der Waals surface area contributed by atoms with Crippen LogP contribution in [0.4, 0.5) is 0 Å². The molecule has 0 heterocycles. The standard InChI is InChI=1S/C18H27N3OS/c1-18(2,3)15-10-13(12-7-5-4-6-8-12)9-14(16(15)22)11-20-21-17(19)23/h9-12,22H,4-8H2,1-3H3,(H3,19,21,23)/b20-11-. The van der Waals surface area contributed by atoms with Gasteiger partial charge in [0.15, 0.2) is 5.11 Å². The molecule has 1 fully saturated rings. The molecule has 0 atom stereocenters. The van der Waals surface area contributed by atoms with Gasteiger partial charge < -0.3 is 10.8 Å². The van der Waals surface area contributed by atoms with Gasteiger partial charge in [-0.05, 0) is 48.0 Å². The molecule has 0 bridgehead atoms. The Hall–Kier alpha value is -1.62. The molecule has 0 aromatic heterocycles. The van der Waals surface area contributed by atoms with Crippen molar-refractivity contribution in [3.63, 3.8) is 0 Å². The van der Waals surface area contributed by atoms with E-state index in [0.29, 0.717) is 11.5 Å². The van der Waals surface area contributed by atoms with E-state index in [1.807, 2.05) is 6.07 Å². The number of nitrogens with one attached hydrogen (secondary N) is 1. The fourth-order valence-corrected chi connectivity index (χ4v) is 3.24. The van der Waals surface area contributed by atoms with Crippen molar-refractivity contribution >= 4 is 23.5 Å². The van der Waals surface area contributed by atoms with Gasteiger partial charge in [0.05, 0.1) is 6.21 Å². The van der Waals surface area contributed by atoms with Crippen molar-refractivity contribution in [1.82, 2.24) is 5.43 Å². The Labute approximate surface area is 144 Å². The minimum atomic E-state index is -0.131. The quantitative estimate of drug-likeness (QED) is 0.446. The zero-order chi connectivity index (χ0) is 17.0. The molecular formula is C18H27N3OS. The summed E-state index contributed by atoms with van der Waals surface area (Å²) in [5.41, 5.74) is 10.8. The Bertz CT molecular complexity index is 599. The van der Waals surface area contributed by atoms with E-state index in [1.165, 1.54) is 37.7 Å². The smallest absolute Gasteiger partial charge is 0.184 e. The van der Waals surface area contributed by atoms with Crippen molar-refractivity contribution in [2.45, 2.75) is 64.2 Å². The van der Waals surface area contributed by atoms with E-state index >= 15 is 0 Å². The molecule has 1 aliphatic rings. The van der Waals surface area contributed by atoms with E-state index < -0.39 is 0 Å². The maximum absolute atomic E-state index is 10.6. The van der Waals surface area contributed by atoms with E-state index in [2.05, 4.69) is 37.4 Å². The van der Waals surface area contributed by atoms with Crippen molar-refractivity contribution < 1.29 is 5.11 Å². The van der Waals surface area contributed by atoms with Crippen LogP contribution in [-0.4, -0.2) is 16.4 Å². The van der Waals surface area contributed by atoms with Crippen molar-refractivity contribution in [2.75, 3.05) is 0 Å². The molecule has 0 radical (unpaired) electrons. The fourth-order valence-electron chi connectivity index (χ4n) is 3.19. The Morgan fingerprint density at radius 2 is 1.96 bits per heavy atom. The molecule has 126 valence electrons. The van der Waals surface area contributed by atoms with Gasteiger partial charge in [-0.2, -0.15) is 5.10 Å². The van der Waals surface area contributed by atoms with Crippen LogP contribution in [0.15, 0.2) is 17.2 Å². The first-order chi connectivity index (χ1) is 10.8. The lowest BCUT2D eigenvalue weighted by Gasteiger charge is -2.27. The average Bonchev–Trinajstić information content (AvgIpc) is 2.48. The molecule has 0 amide bonds. The number of hydrazone groups is 1. The molecule has 0 spiro atoms. The van der Waals surface area contributed by atoms with Crippen molar-refractivity contribution in [3.05, 3.63) is 28.8 Å². The first kappa shape index (κ1) is 17.7. The first-order valence-electron chi connectivity index (χ1n) is 8.25. The summed E-state index contributed by atoms with van der Waals surface area (Å²) in [5, 5.41) is 14.8. The molecule has 5 heteroatoms. The third kappa shape index (κ3) is 4.67. The van der Waals surface area contributed by atoms with Crippen LogP contribution < -0.4 is 11.2 Å².